The van der Waals surface area contributed by atoms with Crippen LogP contribution in [-0.4, -0.2) is 52.2 Å². The molecule has 4 heterocycles. The fourth-order valence-electron chi connectivity index (χ4n) is 5.97. The van der Waals surface area contributed by atoms with E-state index in [1.807, 2.05) is 19.1 Å². The number of pyridine rings is 1. The molecule has 0 radical (unpaired) electrons. The lowest BCUT2D eigenvalue weighted by molar-refractivity contribution is -0.119. The van der Waals surface area contributed by atoms with Crippen molar-refractivity contribution in [1.29, 1.82) is 0 Å². The number of hydrogen-bond acceptors (Lipinski definition) is 8. The van der Waals surface area contributed by atoms with Gasteiger partial charge in [0.15, 0.2) is 5.82 Å². The summed E-state index contributed by atoms with van der Waals surface area (Å²) in [4.78, 5) is 53.9. The first-order valence-electron chi connectivity index (χ1n) is 14.8. The molecule has 0 bridgehead atoms. The van der Waals surface area contributed by atoms with Crippen LogP contribution in [0.1, 0.15) is 40.4 Å². The van der Waals surface area contributed by atoms with Crippen LogP contribution in [0.3, 0.4) is 0 Å². The highest BCUT2D eigenvalue weighted by atomic mass is 19.1. The highest BCUT2D eigenvalue weighted by Gasteiger charge is 2.32. The lowest BCUT2D eigenvalue weighted by Gasteiger charge is -2.18. The molecule has 2 aliphatic heterocycles. The van der Waals surface area contributed by atoms with Gasteiger partial charge in [0.25, 0.3) is 11.5 Å². The van der Waals surface area contributed by atoms with Crippen molar-refractivity contribution in [1.82, 2.24) is 24.8 Å². The van der Waals surface area contributed by atoms with Crippen LogP contribution in [-0.2, 0) is 18.9 Å². The number of anilines is 1. The van der Waals surface area contributed by atoms with Crippen LogP contribution >= 0.6 is 0 Å². The average molecular weight is 629 g/mol. The van der Waals surface area contributed by atoms with Gasteiger partial charge in [-0.1, -0.05) is 30.3 Å². The summed E-state index contributed by atoms with van der Waals surface area (Å²) in [7, 11) is 4.23. The van der Waals surface area contributed by atoms with Gasteiger partial charge in [0.05, 0.1) is 30.1 Å². The molecule has 238 valence electrons. The summed E-state index contributed by atoms with van der Waals surface area (Å²) in [5, 5.41) is 8.89. The summed E-state index contributed by atoms with van der Waals surface area (Å²) in [6, 6.07) is 11.8. The standard InChI is InChI=1S/C33H33FN6O6/c1-17-19(21-9-6-10-23(29(21)34)37-30(42)22-15-39(2)33(44)40(3)32(22)43)7-5-8-20(17)24-13-26-28(31(38-24)45-4)25(16-46-26)35-14-18-11-12-27(41)36-18/h5-10,13,15,18,25,35H,11-12,14,16H2,1-4H3,(H,36,41)(H,37,42)/t18-,25-/m0/s1. The van der Waals surface area contributed by atoms with Gasteiger partial charge in [-0.05, 0) is 30.5 Å². The number of carbonyl (C=O) groups is 2. The summed E-state index contributed by atoms with van der Waals surface area (Å²) >= 11 is 0. The molecule has 2 aromatic heterocycles. The maximum absolute atomic E-state index is 16.0. The maximum Gasteiger partial charge on any atom is 0.330 e. The molecule has 0 spiro atoms. The Kier molecular flexibility index (Phi) is 8.17. The number of nitrogens with one attached hydrogen (secondary N) is 3. The third-order valence-corrected chi connectivity index (χ3v) is 8.47. The minimum atomic E-state index is -0.840. The predicted molar refractivity (Wildman–Crippen MR) is 169 cm³/mol. The Labute approximate surface area is 263 Å². The van der Waals surface area contributed by atoms with Crippen LogP contribution in [0.15, 0.2) is 58.3 Å². The first-order chi connectivity index (χ1) is 22.1. The van der Waals surface area contributed by atoms with Crippen molar-refractivity contribution < 1.29 is 23.5 Å². The normalized spacial score (nSPS) is 16.9. The number of fused-ring (bicyclic) bond motifs is 1. The number of halogens is 1. The third kappa shape index (κ3) is 5.53. The van der Waals surface area contributed by atoms with Crippen LogP contribution in [0.4, 0.5) is 10.1 Å². The van der Waals surface area contributed by atoms with Crippen LogP contribution in [0, 0.1) is 12.7 Å². The second-order valence-corrected chi connectivity index (χ2v) is 11.4. The van der Waals surface area contributed by atoms with Crippen molar-refractivity contribution in [2.24, 2.45) is 14.1 Å². The van der Waals surface area contributed by atoms with Gasteiger partial charge in [-0.15, -0.1) is 0 Å². The Morgan fingerprint density at radius 1 is 1.13 bits per heavy atom. The molecule has 6 rings (SSSR count). The lowest BCUT2D eigenvalue weighted by atomic mass is 9.93. The van der Waals surface area contributed by atoms with E-state index in [0.29, 0.717) is 42.5 Å². The number of nitrogens with zero attached hydrogens (tertiary/aromatic N) is 3. The molecule has 0 saturated carbocycles. The molecule has 4 aromatic rings. The summed E-state index contributed by atoms with van der Waals surface area (Å²) in [5.74, 6) is -0.440. The lowest BCUT2D eigenvalue weighted by Crippen LogP contribution is -2.40. The number of rotatable bonds is 8. The number of benzene rings is 2. The predicted octanol–water partition coefficient (Wildman–Crippen LogP) is 2.82. The number of amides is 2. The van der Waals surface area contributed by atoms with E-state index in [4.69, 9.17) is 14.5 Å². The second kappa shape index (κ2) is 12.2. The summed E-state index contributed by atoms with van der Waals surface area (Å²) in [6.45, 7) is 2.83. The van der Waals surface area contributed by atoms with E-state index >= 15 is 4.39 Å². The van der Waals surface area contributed by atoms with Gasteiger partial charge in [0.1, 0.15) is 17.9 Å². The SMILES string of the molecule is COc1nc(-c2cccc(-c3cccc(NC(=O)c4cn(C)c(=O)n(C)c4=O)c3F)c2C)cc2c1[C@@H](NC[C@@H]1CCC(=O)N1)CO2. The topological polar surface area (TPSA) is 146 Å². The number of methoxy groups -OCH3 is 1. The molecule has 2 aliphatic rings. The number of ether oxygens (including phenoxy) is 2. The fourth-order valence-corrected chi connectivity index (χ4v) is 5.97. The van der Waals surface area contributed by atoms with Gasteiger partial charge in [-0.25, -0.2) is 14.2 Å². The molecule has 1 saturated heterocycles. The molecule has 2 amide bonds. The van der Waals surface area contributed by atoms with Crippen molar-refractivity contribution in [2.45, 2.75) is 31.8 Å². The Morgan fingerprint density at radius 3 is 2.61 bits per heavy atom. The van der Waals surface area contributed by atoms with Gasteiger partial charge in [0, 0.05) is 56.5 Å². The quantitative estimate of drug-likeness (QED) is 0.270. The van der Waals surface area contributed by atoms with Crippen molar-refractivity contribution >= 4 is 17.5 Å². The largest absolute Gasteiger partial charge is 0.491 e. The molecular weight excluding hydrogens is 595 g/mol. The number of aromatic nitrogens is 3. The number of aryl methyl sites for hydroxylation is 1. The average Bonchev–Trinajstić information content (AvgIpc) is 3.66. The highest BCUT2D eigenvalue weighted by molar-refractivity contribution is 6.04. The van der Waals surface area contributed by atoms with Gasteiger partial charge in [0.2, 0.25) is 11.8 Å². The molecule has 0 unspecified atom stereocenters. The molecular formula is C33H33FN6O6. The molecule has 0 aliphatic carbocycles. The van der Waals surface area contributed by atoms with E-state index in [1.165, 1.54) is 20.2 Å². The molecule has 2 aromatic carbocycles. The first kappa shape index (κ1) is 30.7. The number of carbonyl (C=O) groups excluding carboxylic acids is 2. The molecule has 1 fully saturated rings. The van der Waals surface area contributed by atoms with Crippen molar-refractivity contribution in [3.8, 4) is 34.0 Å². The summed E-state index contributed by atoms with van der Waals surface area (Å²) in [6.07, 6.45) is 2.43. The van der Waals surface area contributed by atoms with Gasteiger partial charge in [-0.3, -0.25) is 19.0 Å². The molecule has 46 heavy (non-hydrogen) atoms. The molecule has 3 N–H and O–H groups in total. The van der Waals surface area contributed by atoms with E-state index in [1.54, 1.807) is 31.4 Å². The van der Waals surface area contributed by atoms with E-state index in [2.05, 4.69) is 16.0 Å². The second-order valence-electron chi connectivity index (χ2n) is 11.4. The zero-order valence-corrected chi connectivity index (χ0v) is 25.8. The monoisotopic (exact) mass is 628 g/mol. The van der Waals surface area contributed by atoms with E-state index in [0.717, 1.165) is 38.4 Å². The van der Waals surface area contributed by atoms with Crippen molar-refractivity contribution in [3.05, 3.63) is 92.0 Å². The summed E-state index contributed by atoms with van der Waals surface area (Å²) < 4.78 is 29.6. The Bertz CT molecular complexity index is 2000. The van der Waals surface area contributed by atoms with E-state index in [-0.39, 0.29) is 34.8 Å². The van der Waals surface area contributed by atoms with Gasteiger partial charge in [-0.2, -0.15) is 0 Å². The fraction of sp³-hybridized carbons (Fsp3) is 0.303. The maximum atomic E-state index is 16.0. The van der Waals surface area contributed by atoms with E-state index in [9.17, 15) is 19.2 Å². The van der Waals surface area contributed by atoms with Crippen molar-refractivity contribution in [3.63, 3.8) is 0 Å². The van der Waals surface area contributed by atoms with E-state index < -0.39 is 23.0 Å². The van der Waals surface area contributed by atoms with Crippen LogP contribution in [0.2, 0.25) is 0 Å². The summed E-state index contributed by atoms with van der Waals surface area (Å²) in [5.41, 5.74) is 1.86. The number of hydrogen-bond donors (Lipinski definition) is 3. The Morgan fingerprint density at radius 2 is 1.87 bits per heavy atom. The molecule has 2 atom stereocenters. The van der Waals surface area contributed by atoms with Gasteiger partial charge < -0.3 is 30.0 Å². The van der Waals surface area contributed by atoms with Crippen LogP contribution in [0.5, 0.6) is 11.6 Å². The van der Waals surface area contributed by atoms with Gasteiger partial charge >= 0.3 is 5.69 Å². The zero-order chi connectivity index (χ0) is 32.7. The Balaban J connectivity index is 1.29. The Hall–Kier alpha value is -5.30. The zero-order valence-electron chi connectivity index (χ0n) is 25.8. The first-order valence-corrected chi connectivity index (χ1v) is 14.8. The molecule has 12 nitrogen and oxygen atoms in total. The van der Waals surface area contributed by atoms with Crippen molar-refractivity contribution in [2.75, 3.05) is 25.6 Å². The molecule has 13 heteroatoms. The smallest absolute Gasteiger partial charge is 0.330 e. The third-order valence-electron chi connectivity index (χ3n) is 8.47. The van der Waals surface area contributed by atoms with Crippen LogP contribution < -0.4 is 36.7 Å². The van der Waals surface area contributed by atoms with Crippen LogP contribution in [0.25, 0.3) is 22.4 Å². The minimum Gasteiger partial charge on any atom is -0.491 e. The highest BCUT2D eigenvalue weighted by Crippen LogP contribution is 2.42. The minimum absolute atomic E-state index is 0.0566.